The second-order valence-corrected chi connectivity index (χ2v) is 6.53. The first-order chi connectivity index (χ1) is 14.0. The van der Waals surface area contributed by atoms with Crippen LogP contribution in [0.1, 0.15) is 22.8 Å². The third-order valence-electron chi connectivity index (χ3n) is 4.46. The summed E-state index contributed by atoms with van der Waals surface area (Å²) in [7, 11) is 0. The summed E-state index contributed by atoms with van der Waals surface area (Å²) < 4.78 is 18.5. The van der Waals surface area contributed by atoms with Gasteiger partial charge in [-0.1, -0.05) is 0 Å². The SMILES string of the molecule is CCOc1ccc(-n2nc3cc(C)c(NC(=O)c4ccc(F)cc4)cc3n2)cc1. The van der Waals surface area contributed by atoms with Crippen molar-refractivity contribution in [1.29, 1.82) is 0 Å². The first kappa shape index (κ1) is 18.6. The van der Waals surface area contributed by atoms with Crippen LogP contribution in [0.2, 0.25) is 0 Å². The van der Waals surface area contributed by atoms with Crippen molar-refractivity contribution in [2.75, 3.05) is 11.9 Å². The maximum absolute atomic E-state index is 13.1. The summed E-state index contributed by atoms with van der Waals surface area (Å²) >= 11 is 0. The first-order valence-corrected chi connectivity index (χ1v) is 9.21. The third kappa shape index (κ3) is 3.94. The highest BCUT2D eigenvalue weighted by atomic mass is 19.1. The molecule has 0 aliphatic rings. The molecule has 146 valence electrons. The topological polar surface area (TPSA) is 69.0 Å². The molecule has 0 radical (unpaired) electrons. The number of carbonyl (C=O) groups is 1. The summed E-state index contributed by atoms with van der Waals surface area (Å²) in [5.74, 6) is 0.0889. The number of ether oxygens (including phenoxy) is 1. The van der Waals surface area contributed by atoms with Crippen molar-refractivity contribution in [2.24, 2.45) is 0 Å². The fraction of sp³-hybridized carbons (Fsp3) is 0.136. The van der Waals surface area contributed by atoms with Gasteiger partial charge in [-0.05, 0) is 80.1 Å². The highest BCUT2D eigenvalue weighted by Crippen LogP contribution is 2.23. The van der Waals surface area contributed by atoms with Gasteiger partial charge < -0.3 is 10.1 Å². The van der Waals surface area contributed by atoms with E-state index >= 15 is 0 Å². The fourth-order valence-corrected chi connectivity index (χ4v) is 2.96. The molecule has 7 heteroatoms. The van der Waals surface area contributed by atoms with E-state index in [1.54, 1.807) is 10.9 Å². The van der Waals surface area contributed by atoms with Crippen LogP contribution in [-0.4, -0.2) is 27.5 Å². The van der Waals surface area contributed by atoms with E-state index in [0.717, 1.165) is 22.5 Å². The van der Waals surface area contributed by atoms with Gasteiger partial charge in [0.15, 0.2) is 0 Å². The standard InChI is InChI=1S/C22H19FN4O2/c1-3-29-18-10-8-17(9-11-18)27-25-20-12-14(2)19(13-21(20)26-27)24-22(28)15-4-6-16(23)7-5-15/h4-13H,3H2,1-2H3,(H,24,28). The van der Waals surface area contributed by atoms with Gasteiger partial charge >= 0.3 is 0 Å². The molecule has 4 rings (SSSR count). The van der Waals surface area contributed by atoms with Gasteiger partial charge in [-0.3, -0.25) is 4.79 Å². The molecule has 0 aliphatic carbocycles. The number of fused-ring (bicyclic) bond motifs is 1. The number of nitrogens with zero attached hydrogens (tertiary/aromatic N) is 3. The molecule has 1 amide bonds. The number of benzene rings is 3. The maximum atomic E-state index is 13.1. The molecule has 0 saturated carbocycles. The molecule has 1 N–H and O–H groups in total. The lowest BCUT2D eigenvalue weighted by Gasteiger charge is -2.08. The van der Waals surface area contributed by atoms with Crippen molar-refractivity contribution in [3.63, 3.8) is 0 Å². The first-order valence-electron chi connectivity index (χ1n) is 9.21. The molecular formula is C22H19FN4O2. The van der Waals surface area contributed by atoms with E-state index in [9.17, 15) is 9.18 Å². The number of amides is 1. The van der Waals surface area contributed by atoms with Crippen LogP contribution < -0.4 is 10.1 Å². The molecule has 29 heavy (non-hydrogen) atoms. The Morgan fingerprint density at radius 1 is 1.03 bits per heavy atom. The lowest BCUT2D eigenvalue weighted by Crippen LogP contribution is -2.12. The zero-order valence-electron chi connectivity index (χ0n) is 16.0. The minimum Gasteiger partial charge on any atom is -0.494 e. The average molecular weight is 390 g/mol. The second-order valence-electron chi connectivity index (χ2n) is 6.53. The molecule has 0 unspecified atom stereocenters. The number of aromatic nitrogens is 3. The van der Waals surface area contributed by atoms with E-state index in [2.05, 4.69) is 15.5 Å². The lowest BCUT2D eigenvalue weighted by atomic mass is 10.1. The quantitative estimate of drug-likeness (QED) is 0.544. The Bertz CT molecular complexity index is 1170. The van der Waals surface area contributed by atoms with Gasteiger partial charge in [0.25, 0.3) is 5.91 Å². The third-order valence-corrected chi connectivity index (χ3v) is 4.46. The zero-order valence-corrected chi connectivity index (χ0v) is 16.0. The Labute approximate surface area is 166 Å². The predicted octanol–water partition coefficient (Wildman–Crippen LogP) is 4.52. The van der Waals surface area contributed by atoms with Gasteiger partial charge in [0.05, 0.1) is 12.3 Å². The van der Waals surface area contributed by atoms with Crippen LogP contribution in [0.25, 0.3) is 16.7 Å². The molecule has 0 fully saturated rings. The largest absolute Gasteiger partial charge is 0.494 e. The van der Waals surface area contributed by atoms with E-state index in [0.29, 0.717) is 23.4 Å². The molecule has 0 atom stereocenters. The highest BCUT2D eigenvalue weighted by molar-refractivity contribution is 6.05. The van der Waals surface area contributed by atoms with Crippen molar-refractivity contribution in [3.8, 4) is 11.4 Å². The van der Waals surface area contributed by atoms with Crippen LogP contribution in [0.5, 0.6) is 5.75 Å². The molecule has 0 saturated heterocycles. The Balaban J connectivity index is 1.61. The molecule has 0 spiro atoms. The Hall–Kier alpha value is -3.74. The fourth-order valence-electron chi connectivity index (χ4n) is 2.96. The van der Waals surface area contributed by atoms with Crippen LogP contribution in [-0.2, 0) is 0 Å². The number of halogens is 1. The number of hydrogen-bond acceptors (Lipinski definition) is 4. The predicted molar refractivity (Wildman–Crippen MR) is 109 cm³/mol. The average Bonchev–Trinajstić information content (AvgIpc) is 3.12. The monoisotopic (exact) mass is 390 g/mol. The van der Waals surface area contributed by atoms with Gasteiger partial charge in [-0.25, -0.2) is 4.39 Å². The van der Waals surface area contributed by atoms with Crippen molar-refractivity contribution in [2.45, 2.75) is 13.8 Å². The van der Waals surface area contributed by atoms with E-state index in [4.69, 9.17) is 4.74 Å². The molecule has 3 aromatic carbocycles. The normalized spacial score (nSPS) is 10.9. The van der Waals surface area contributed by atoms with Crippen LogP contribution in [0.4, 0.5) is 10.1 Å². The molecule has 0 aliphatic heterocycles. The zero-order chi connectivity index (χ0) is 20.4. The molecule has 1 heterocycles. The van der Waals surface area contributed by atoms with Crippen molar-refractivity contribution in [1.82, 2.24) is 15.0 Å². The van der Waals surface area contributed by atoms with E-state index < -0.39 is 0 Å². The van der Waals surface area contributed by atoms with Gasteiger partial charge in [0.1, 0.15) is 22.6 Å². The number of anilines is 1. The van der Waals surface area contributed by atoms with Gasteiger partial charge in [-0.2, -0.15) is 4.80 Å². The maximum Gasteiger partial charge on any atom is 0.255 e. The molecule has 6 nitrogen and oxygen atoms in total. The lowest BCUT2D eigenvalue weighted by molar-refractivity contribution is 0.102. The minimum atomic E-state index is -0.384. The number of nitrogens with one attached hydrogen (secondary N) is 1. The summed E-state index contributed by atoms with van der Waals surface area (Å²) in [6, 6.07) is 16.6. The molecule has 0 bridgehead atoms. The van der Waals surface area contributed by atoms with Crippen molar-refractivity contribution < 1.29 is 13.9 Å². The van der Waals surface area contributed by atoms with Crippen LogP contribution in [0.15, 0.2) is 60.7 Å². The number of hydrogen-bond donors (Lipinski definition) is 1. The van der Waals surface area contributed by atoms with Crippen LogP contribution in [0.3, 0.4) is 0 Å². The Morgan fingerprint density at radius 2 is 1.69 bits per heavy atom. The second kappa shape index (κ2) is 7.71. The Kier molecular flexibility index (Phi) is 4.95. The van der Waals surface area contributed by atoms with Gasteiger partial charge in [0.2, 0.25) is 0 Å². The summed E-state index contributed by atoms with van der Waals surface area (Å²) in [5.41, 5.74) is 4.04. The number of carbonyl (C=O) groups excluding carboxylic acids is 1. The van der Waals surface area contributed by atoms with E-state index in [1.165, 1.54) is 24.3 Å². The number of aryl methyl sites for hydroxylation is 1. The summed E-state index contributed by atoms with van der Waals surface area (Å²) in [5, 5.41) is 11.9. The van der Waals surface area contributed by atoms with Crippen LogP contribution >= 0.6 is 0 Å². The summed E-state index contributed by atoms with van der Waals surface area (Å²) in [6.07, 6.45) is 0. The van der Waals surface area contributed by atoms with Crippen LogP contribution in [0, 0.1) is 12.7 Å². The van der Waals surface area contributed by atoms with Gasteiger partial charge in [-0.15, -0.1) is 10.2 Å². The molecule has 1 aromatic heterocycles. The van der Waals surface area contributed by atoms with E-state index in [-0.39, 0.29) is 11.7 Å². The summed E-state index contributed by atoms with van der Waals surface area (Å²) in [6.45, 7) is 4.43. The van der Waals surface area contributed by atoms with Crippen molar-refractivity contribution in [3.05, 3.63) is 77.6 Å². The smallest absolute Gasteiger partial charge is 0.255 e. The minimum absolute atomic E-state index is 0.314. The number of rotatable bonds is 5. The van der Waals surface area contributed by atoms with Crippen molar-refractivity contribution >= 4 is 22.6 Å². The molecule has 4 aromatic rings. The molecular weight excluding hydrogens is 371 g/mol. The highest BCUT2D eigenvalue weighted by Gasteiger charge is 2.12. The Morgan fingerprint density at radius 3 is 2.34 bits per heavy atom. The van der Waals surface area contributed by atoms with Gasteiger partial charge in [0, 0.05) is 11.3 Å². The summed E-state index contributed by atoms with van der Waals surface area (Å²) in [4.78, 5) is 14.0. The van der Waals surface area contributed by atoms with E-state index in [1.807, 2.05) is 44.2 Å².